The van der Waals surface area contributed by atoms with Crippen LogP contribution in [0.25, 0.3) is 0 Å². The largest absolute Gasteiger partial charge is 0.383 e. The lowest BCUT2D eigenvalue weighted by Gasteiger charge is -2.41. The minimum absolute atomic E-state index is 0.0515. The van der Waals surface area contributed by atoms with Crippen LogP contribution in [0.15, 0.2) is 30.3 Å². The van der Waals surface area contributed by atoms with Crippen molar-refractivity contribution in [1.29, 1.82) is 0 Å². The molecule has 0 radical (unpaired) electrons. The van der Waals surface area contributed by atoms with Gasteiger partial charge in [0.25, 0.3) is 0 Å². The molecule has 25 heavy (non-hydrogen) atoms. The van der Waals surface area contributed by atoms with Crippen LogP contribution >= 0.6 is 0 Å². The second-order valence-corrected chi connectivity index (χ2v) is 6.95. The molecule has 0 unspecified atom stereocenters. The molecule has 1 aromatic rings. The van der Waals surface area contributed by atoms with E-state index in [4.69, 9.17) is 4.74 Å². The first-order valence-electron chi connectivity index (χ1n) is 8.91. The summed E-state index contributed by atoms with van der Waals surface area (Å²) in [7, 11) is 3.71. The van der Waals surface area contributed by atoms with Crippen molar-refractivity contribution in [2.45, 2.75) is 12.5 Å². The quantitative estimate of drug-likeness (QED) is 0.799. The average Bonchev–Trinajstić information content (AvgIpc) is 3.01. The minimum Gasteiger partial charge on any atom is -0.383 e. The highest BCUT2D eigenvalue weighted by Crippen LogP contribution is 2.29. The highest BCUT2D eigenvalue weighted by molar-refractivity contribution is 5.89. The van der Waals surface area contributed by atoms with E-state index in [0.29, 0.717) is 32.7 Å². The molecule has 0 N–H and O–H groups in total. The molecule has 0 bridgehead atoms. The Morgan fingerprint density at radius 2 is 1.96 bits per heavy atom. The maximum atomic E-state index is 13.2. The molecule has 0 aliphatic carbocycles. The van der Waals surface area contributed by atoms with E-state index in [0.717, 1.165) is 18.7 Å². The fraction of sp³-hybridized carbons (Fsp3) is 0.579. The number of likely N-dealkylation sites (tertiary alicyclic amines) is 1. The van der Waals surface area contributed by atoms with Crippen LogP contribution in [-0.4, -0.2) is 80.0 Å². The topological polar surface area (TPSA) is 53.1 Å². The number of amides is 2. The molecule has 2 aliphatic rings. The molecule has 2 saturated heterocycles. The summed E-state index contributed by atoms with van der Waals surface area (Å²) in [6, 6.07) is 10.2. The predicted molar refractivity (Wildman–Crippen MR) is 95.0 cm³/mol. The standard InChI is InChI=1S/C19H27N3O3/c1-20-8-9-22(17(14-20)15-6-4-3-5-7-15)19(24)16-12-18(23)21(13-16)10-11-25-2/h3-7,16-17H,8-14H2,1-2H3/t16-,17-/m1/s1. The van der Waals surface area contributed by atoms with Gasteiger partial charge in [-0.05, 0) is 12.6 Å². The molecule has 0 spiro atoms. The zero-order valence-corrected chi connectivity index (χ0v) is 15.1. The summed E-state index contributed by atoms with van der Waals surface area (Å²) < 4.78 is 5.06. The fourth-order valence-corrected chi connectivity index (χ4v) is 3.73. The first-order chi connectivity index (χ1) is 12.1. The third-order valence-electron chi connectivity index (χ3n) is 5.18. The fourth-order valence-electron chi connectivity index (χ4n) is 3.73. The number of likely N-dealkylation sites (N-methyl/N-ethyl adjacent to an activating group) is 1. The lowest BCUT2D eigenvalue weighted by molar-refractivity contribution is -0.140. The summed E-state index contributed by atoms with van der Waals surface area (Å²) in [4.78, 5) is 31.3. The van der Waals surface area contributed by atoms with Crippen molar-refractivity contribution < 1.29 is 14.3 Å². The third-order valence-corrected chi connectivity index (χ3v) is 5.18. The van der Waals surface area contributed by atoms with Crippen LogP contribution in [0.4, 0.5) is 0 Å². The summed E-state index contributed by atoms with van der Waals surface area (Å²) in [5.74, 6) is -0.0741. The zero-order valence-electron chi connectivity index (χ0n) is 15.1. The van der Waals surface area contributed by atoms with E-state index >= 15 is 0 Å². The van der Waals surface area contributed by atoms with Gasteiger partial charge in [-0.3, -0.25) is 9.59 Å². The van der Waals surface area contributed by atoms with Crippen LogP contribution in [0.1, 0.15) is 18.0 Å². The van der Waals surface area contributed by atoms with Crippen molar-refractivity contribution in [3.63, 3.8) is 0 Å². The molecule has 0 aromatic heterocycles. The number of methoxy groups -OCH3 is 1. The molecule has 2 fully saturated rings. The summed E-state index contributed by atoms with van der Waals surface area (Å²) in [6.07, 6.45) is 0.316. The molecule has 6 heteroatoms. The molecule has 3 rings (SSSR count). The highest BCUT2D eigenvalue weighted by Gasteiger charge is 2.39. The SMILES string of the molecule is COCCN1C[C@H](C(=O)N2CCN(C)C[C@@H]2c2ccccc2)CC1=O. The molecule has 0 saturated carbocycles. The monoisotopic (exact) mass is 345 g/mol. The van der Waals surface area contributed by atoms with Gasteiger partial charge in [0.2, 0.25) is 11.8 Å². The van der Waals surface area contributed by atoms with Crippen molar-refractivity contribution in [2.75, 3.05) is 53.5 Å². The number of piperazine rings is 1. The van der Waals surface area contributed by atoms with Crippen LogP contribution < -0.4 is 0 Å². The molecular formula is C19H27N3O3. The van der Waals surface area contributed by atoms with Gasteiger partial charge in [0.05, 0.1) is 18.6 Å². The maximum Gasteiger partial charge on any atom is 0.228 e. The summed E-state index contributed by atoms with van der Waals surface area (Å²) >= 11 is 0. The van der Waals surface area contributed by atoms with Crippen molar-refractivity contribution in [1.82, 2.24) is 14.7 Å². The van der Waals surface area contributed by atoms with Crippen LogP contribution in [0.2, 0.25) is 0 Å². The Hall–Kier alpha value is -1.92. The maximum absolute atomic E-state index is 13.2. The van der Waals surface area contributed by atoms with E-state index in [1.807, 2.05) is 23.1 Å². The molecule has 2 amide bonds. The normalized spacial score (nSPS) is 24.8. The number of benzene rings is 1. The Bertz CT molecular complexity index is 607. The van der Waals surface area contributed by atoms with E-state index in [-0.39, 0.29) is 23.8 Å². The van der Waals surface area contributed by atoms with Gasteiger partial charge in [-0.25, -0.2) is 0 Å². The lowest BCUT2D eigenvalue weighted by atomic mass is 9.99. The van der Waals surface area contributed by atoms with E-state index < -0.39 is 0 Å². The Morgan fingerprint density at radius 1 is 1.20 bits per heavy atom. The number of nitrogens with zero attached hydrogens (tertiary/aromatic N) is 3. The van der Waals surface area contributed by atoms with Crippen LogP contribution in [-0.2, 0) is 14.3 Å². The second kappa shape index (κ2) is 7.97. The van der Waals surface area contributed by atoms with Gasteiger partial charge >= 0.3 is 0 Å². The van der Waals surface area contributed by atoms with E-state index in [1.165, 1.54) is 0 Å². The van der Waals surface area contributed by atoms with Gasteiger partial charge in [0.15, 0.2) is 0 Å². The molecule has 1 aromatic carbocycles. The van der Waals surface area contributed by atoms with Gasteiger partial charge < -0.3 is 19.4 Å². The van der Waals surface area contributed by atoms with E-state index in [9.17, 15) is 9.59 Å². The Labute approximate surface area is 149 Å². The van der Waals surface area contributed by atoms with Gasteiger partial charge in [0.1, 0.15) is 0 Å². The zero-order chi connectivity index (χ0) is 17.8. The van der Waals surface area contributed by atoms with Crippen LogP contribution in [0.5, 0.6) is 0 Å². The van der Waals surface area contributed by atoms with Gasteiger partial charge in [0, 0.05) is 46.3 Å². The van der Waals surface area contributed by atoms with E-state index in [2.05, 4.69) is 24.1 Å². The van der Waals surface area contributed by atoms with Crippen LogP contribution in [0.3, 0.4) is 0 Å². The second-order valence-electron chi connectivity index (χ2n) is 6.95. The van der Waals surface area contributed by atoms with Gasteiger partial charge in [-0.2, -0.15) is 0 Å². The third kappa shape index (κ3) is 4.02. The summed E-state index contributed by atoms with van der Waals surface area (Å²) in [5, 5.41) is 0. The number of hydrogen-bond donors (Lipinski definition) is 0. The van der Waals surface area contributed by atoms with Crippen molar-refractivity contribution in [2.24, 2.45) is 5.92 Å². The van der Waals surface area contributed by atoms with Crippen molar-refractivity contribution >= 4 is 11.8 Å². The van der Waals surface area contributed by atoms with Crippen molar-refractivity contribution in [3.8, 4) is 0 Å². The van der Waals surface area contributed by atoms with Crippen LogP contribution in [0, 0.1) is 5.92 Å². The summed E-state index contributed by atoms with van der Waals surface area (Å²) in [6.45, 7) is 3.97. The van der Waals surface area contributed by atoms with E-state index in [1.54, 1.807) is 12.0 Å². The number of rotatable bonds is 5. The lowest BCUT2D eigenvalue weighted by Crippen LogP contribution is -2.51. The molecule has 2 heterocycles. The molecular weight excluding hydrogens is 318 g/mol. The minimum atomic E-state index is -0.237. The predicted octanol–water partition coefficient (Wildman–Crippen LogP) is 0.997. The van der Waals surface area contributed by atoms with Gasteiger partial charge in [-0.1, -0.05) is 30.3 Å². The number of ether oxygens (including phenoxy) is 1. The summed E-state index contributed by atoms with van der Waals surface area (Å²) in [5.41, 5.74) is 1.16. The number of hydrogen-bond acceptors (Lipinski definition) is 4. The Morgan fingerprint density at radius 3 is 2.68 bits per heavy atom. The number of carbonyl (C=O) groups is 2. The Balaban J connectivity index is 1.72. The number of carbonyl (C=O) groups excluding carboxylic acids is 2. The molecule has 136 valence electrons. The van der Waals surface area contributed by atoms with Crippen molar-refractivity contribution in [3.05, 3.63) is 35.9 Å². The Kier molecular flexibility index (Phi) is 5.71. The molecule has 2 aliphatic heterocycles. The highest BCUT2D eigenvalue weighted by atomic mass is 16.5. The molecule has 2 atom stereocenters. The molecule has 6 nitrogen and oxygen atoms in total. The average molecular weight is 345 g/mol. The smallest absolute Gasteiger partial charge is 0.228 e. The van der Waals surface area contributed by atoms with Gasteiger partial charge in [-0.15, -0.1) is 0 Å². The first-order valence-corrected chi connectivity index (χ1v) is 8.91. The first kappa shape index (κ1) is 17.9.